The molecule has 0 unspecified atom stereocenters. The smallest absolute Gasteiger partial charge is 0.262 e. The zero-order valence-electron chi connectivity index (χ0n) is 14.5. The minimum absolute atomic E-state index is 0.187. The third-order valence-electron chi connectivity index (χ3n) is 4.22. The number of ether oxygens (including phenoxy) is 1. The zero-order valence-corrected chi connectivity index (χ0v) is 15.4. The van der Waals surface area contributed by atoms with Crippen molar-refractivity contribution >= 4 is 21.6 Å². The predicted molar refractivity (Wildman–Crippen MR) is 95.1 cm³/mol. The lowest BCUT2D eigenvalue weighted by atomic mass is 10.1. The number of nitrogens with zero attached hydrogens (tertiary/aromatic N) is 1. The third kappa shape index (κ3) is 4.25. The molecule has 3 rings (SSSR count). The van der Waals surface area contributed by atoms with E-state index in [1.807, 2.05) is 0 Å². The molecule has 0 aliphatic carbocycles. The second-order valence-electron chi connectivity index (χ2n) is 6.11. The van der Waals surface area contributed by atoms with E-state index in [1.165, 1.54) is 18.2 Å². The van der Waals surface area contributed by atoms with E-state index in [-0.39, 0.29) is 22.1 Å². The van der Waals surface area contributed by atoms with Crippen molar-refractivity contribution in [1.29, 1.82) is 0 Å². The van der Waals surface area contributed by atoms with Gasteiger partial charge in [-0.05, 0) is 36.8 Å². The van der Waals surface area contributed by atoms with E-state index in [0.29, 0.717) is 37.9 Å². The minimum atomic E-state index is -4.16. The fourth-order valence-electron chi connectivity index (χ4n) is 2.71. The summed E-state index contributed by atoms with van der Waals surface area (Å²) in [7, 11) is -4.16. The van der Waals surface area contributed by atoms with Crippen LogP contribution >= 0.6 is 0 Å². The Balaban J connectivity index is 1.90. The Kier molecular flexibility index (Phi) is 5.43. The van der Waals surface area contributed by atoms with Crippen LogP contribution in [0.5, 0.6) is 0 Å². The first kappa shape index (κ1) is 19.2. The topological polar surface area (TPSA) is 75.7 Å². The van der Waals surface area contributed by atoms with Crippen molar-refractivity contribution < 1.29 is 26.7 Å². The molecule has 1 heterocycles. The summed E-state index contributed by atoms with van der Waals surface area (Å²) in [5, 5.41) is 0. The molecule has 1 amide bonds. The van der Waals surface area contributed by atoms with Gasteiger partial charge in [0.25, 0.3) is 15.9 Å². The van der Waals surface area contributed by atoms with Crippen LogP contribution in [0, 0.1) is 18.6 Å². The molecule has 27 heavy (non-hydrogen) atoms. The third-order valence-corrected chi connectivity index (χ3v) is 5.59. The Morgan fingerprint density at radius 2 is 1.81 bits per heavy atom. The second kappa shape index (κ2) is 7.61. The van der Waals surface area contributed by atoms with Gasteiger partial charge in [0.15, 0.2) is 0 Å². The van der Waals surface area contributed by atoms with Gasteiger partial charge in [0.05, 0.1) is 23.8 Å². The van der Waals surface area contributed by atoms with Crippen molar-refractivity contribution in [3.05, 3.63) is 59.2 Å². The highest BCUT2D eigenvalue weighted by atomic mass is 32.2. The fourth-order valence-corrected chi connectivity index (χ4v) is 3.80. The van der Waals surface area contributed by atoms with Crippen LogP contribution < -0.4 is 4.72 Å². The van der Waals surface area contributed by atoms with Crippen LogP contribution in [0.4, 0.5) is 14.5 Å². The first-order valence-corrected chi connectivity index (χ1v) is 9.72. The number of nitrogens with one attached hydrogen (secondary N) is 1. The number of sulfonamides is 1. The van der Waals surface area contributed by atoms with Gasteiger partial charge in [0, 0.05) is 24.7 Å². The average Bonchev–Trinajstić information content (AvgIpc) is 2.64. The minimum Gasteiger partial charge on any atom is -0.378 e. The summed E-state index contributed by atoms with van der Waals surface area (Å²) in [6, 6.07) is 6.63. The summed E-state index contributed by atoms with van der Waals surface area (Å²) in [5.74, 6) is -2.14. The van der Waals surface area contributed by atoms with E-state index >= 15 is 0 Å². The molecule has 1 aliphatic heterocycles. The Morgan fingerprint density at radius 3 is 2.48 bits per heavy atom. The van der Waals surface area contributed by atoms with E-state index < -0.39 is 21.7 Å². The number of anilines is 1. The molecule has 1 aliphatic rings. The largest absolute Gasteiger partial charge is 0.378 e. The van der Waals surface area contributed by atoms with Gasteiger partial charge >= 0.3 is 0 Å². The van der Waals surface area contributed by atoms with Crippen LogP contribution in [0.25, 0.3) is 0 Å². The maximum atomic E-state index is 13.8. The molecule has 1 N–H and O–H groups in total. The van der Waals surface area contributed by atoms with Gasteiger partial charge in [-0.3, -0.25) is 9.52 Å². The van der Waals surface area contributed by atoms with Gasteiger partial charge in [-0.15, -0.1) is 0 Å². The number of hydrogen-bond donors (Lipinski definition) is 1. The number of carbonyl (C=O) groups excluding carboxylic acids is 1. The van der Waals surface area contributed by atoms with Gasteiger partial charge in [-0.25, -0.2) is 17.2 Å². The first-order valence-electron chi connectivity index (χ1n) is 8.23. The second-order valence-corrected chi connectivity index (χ2v) is 7.79. The molecule has 9 heteroatoms. The summed E-state index contributed by atoms with van der Waals surface area (Å²) in [6.45, 7) is 3.40. The maximum Gasteiger partial charge on any atom is 0.262 e. The highest BCUT2D eigenvalue weighted by molar-refractivity contribution is 7.92. The van der Waals surface area contributed by atoms with E-state index in [1.54, 1.807) is 11.8 Å². The number of aryl methyl sites for hydroxylation is 1. The van der Waals surface area contributed by atoms with Gasteiger partial charge in [-0.1, -0.05) is 6.07 Å². The van der Waals surface area contributed by atoms with Crippen molar-refractivity contribution in [3.63, 3.8) is 0 Å². The molecule has 0 saturated carbocycles. The lowest BCUT2D eigenvalue weighted by Gasteiger charge is -2.27. The molecule has 0 radical (unpaired) electrons. The predicted octanol–water partition coefficient (Wildman–Crippen LogP) is 2.55. The monoisotopic (exact) mass is 396 g/mol. The van der Waals surface area contributed by atoms with Crippen LogP contribution in [0.15, 0.2) is 41.3 Å². The lowest BCUT2D eigenvalue weighted by molar-refractivity contribution is 0.0302. The van der Waals surface area contributed by atoms with Crippen LogP contribution in [-0.4, -0.2) is 45.5 Å². The quantitative estimate of drug-likeness (QED) is 0.862. The Labute approximate surface area is 155 Å². The number of halogens is 2. The van der Waals surface area contributed by atoms with Crippen LogP contribution in [-0.2, 0) is 14.8 Å². The zero-order chi connectivity index (χ0) is 19.6. The molecular formula is C18H18F2N2O4S. The standard InChI is InChI=1S/C18H18F2N2O4S/c1-12-2-4-14(11-15(12)18(23)22-6-8-26-9-7-22)27(24,25)21-17-5-3-13(19)10-16(17)20/h2-5,10-11,21H,6-9H2,1H3. The number of amides is 1. The fraction of sp³-hybridized carbons (Fsp3) is 0.278. The summed E-state index contributed by atoms with van der Waals surface area (Å²) in [4.78, 5) is 14.1. The van der Waals surface area contributed by atoms with Crippen LogP contribution in [0.3, 0.4) is 0 Å². The van der Waals surface area contributed by atoms with Gasteiger partial charge in [0.2, 0.25) is 0 Å². The van der Waals surface area contributed by atoms with E-state index in [2.05, 4.69) is 4.72 Å². The van der Waals surface area contributed by atoms with Crippen LogP contribution in [0.1, 0.15) is 15.9 Å². The lowest BCUT2D eigenvalue weighted by Crippen LogP contribution is -2.41. The highest BCUT2D eigenvalue weighted by Crippen LogP contribution is 2.23. The van der Waals surface area contributed by atoms with E-state index in [9.17, 15) is 22.0 Å². The first-order chi connectivity index (χ1) is 12.8. The number of benzene rings is 2. The highest BCUT2D eigenvalue weighted by Gasteiger charge is 2.23. The van der Waals surface area contributed by atoms with Gasteiger partial charge in [-0.2, -0.15) is 0 Å². The van der Waals surface area contributed by atoms with Crippen molar-refractivity contribution in [1.82, 2.24) is 4.90 Å². The normalized spacial score (nSPS) is 14.9. The Morgan fingerprint density at radius 1 is 1.11 bits per heavy atom. The molecule has 2 aromatic carbocycles. The maximum absolute atomic E-state index is 13.8. The van der Waals surface area contributed by atoms with Gasteiger partial charge in [0.1, 0.15) is 11.6 Å². The van der Waals surface area contributed by atoms with Crippen molar-refractivity contribution in [2.75, 3.05) is 31.0 Å². The molecule has 6 nitrogen and oxygen atoms in total. The number of carbonyl (C=O) groups is 1. The average molecular weight is 396 g/mol. The van der Waals surface area contributed by atoms with E-state index in [0.717, 1.165) is 12.1 Å². The van der Waals surface area contributed by atoms with Crippen molar-refractivity contribution in [3.8, 4) is 0 Å². The molecular weight excluding hydrogens is 378 g/mol. The summed E-state index contributed by atoms with van der Waals surface area (Å²) in [6.07, 6.45) is 0. The Bertz CT molecular complexity index is 973. The Hall–Kier alpha value is -2.52. The molecule has 0 aromatic heterocycles. The molecule has 1 saturated heterocycles. The number of morpholine rings is 1. The van der Waals surface area contributed by atoms with Crippen LogP contribution in [0.2, 0.25) is 0 Å². The number of rotatable bonds is 4. The molecule has 0 spiro atoms. The summed E-state index contributed by atoms with van der Waals surface area (Å²) in [5.41, 5.74) is 0.496. The van der Waals surface area contributed by atoms with Crippen molar-refractivity contribution in [2.45, 2.75) is 11.8 Å². The molecule has 0 bridgehead atoms. The van der Waals surface area contributed by atoms with Gasteiger partial charge < -0.3 is 9.64 Å². The molecule has 2 aromatic rings. The molecule has 1 fully saturated rings. The van der Waals surface area contributed by atoms with E-state index in [4.69, 9.17) is 4.74 Å². The van der Waals surface area contributed by atoms with Crippen molar-refractivity contribution in [2.24, 2.45) is 0 Å². The summed E-state index contributed by atoms with van der Waals surface area (Å²) < 4.78 is 59.2. The molecule has 0 atom stereocenters. The SMILES string of the molecule is Cc1ccc(S(=O)(=O)Nc2ccc(F)cc2F)cc1C(=O)N1CCOCC1. The summed E-state index contributed by atoms with van der Waals surface area (Å²) >= 11 is 0. The number of hydrogen-bond acceptors (Lipinski definition) is 4. The molecule has 144 valence electrons.